The highest BCUT2D eigenvalue weighted by atomic mass is 16.5. The quantitative estimate of drug-likeness (QED) is 0.539. The number of aliphatic imine (C=N–C) groups is 1. The van der Waals surface area contributed by atoms with E-state index in [1.807, 2.05) is 57.1 Å². The van der Waals surface area contributed by atoms with E-state index in [2.05, 4.69) is 20.4 Å². The molecule has 0 aliphatic rings. The highest BCUT2D eigenvalue weighted by Crippen LogP contribution is 2.12. The Labute approximate surface area is 154 Å². The van der Waals surface area contributed by atoms with Gasteiger partial charge in [0.1, 0.15) is 30.6 Å². The maximum Gasteiger partial charge on any atom is 0.194 e. The molecule has 2 N–H and O–H groups in total. The van der Waals surface area contributed by atoms with Crippen molar-refractivity contribution in [1.29, 1.82) is 0 Å². The van der Waals surface area contributed by atoms with Gasteiger partial charge in [-0.2, -0.15) is 5.10 Å². The lowest BCUT2D eigenvalue weighted by Gasteiger charge is -2.22. The Bertz CT molecular complexity index is 715. The molecular formula is C18H28N6O2. The molecule has 1 aromatic heterocycles. The topological polar surface area (TPSA) is 87.8 Å². The fraction of sp³-hybridized carbons (Fsp3) is 0.500. The van der Waals surface area contributed by atoms with Crippen molar-refractivity contribution in [1.82, 2.24) is 25.0 Å². The van der Waals surface area contributed by atoms with E-state index < -0.39 is 6.10 Å². The lowest BCUT2D eigenvalue weighted by Crippen LogP contribution is -2.39. The number of guanidine groups is 1. The van der Waals surface area contributed by atoms with Crippen LogP contribution in [0.15, 0.2) is 35.6 Å². The summed E-state index contributed by atoms with van der Waals surface area (Å²) < 4.78 is 7.35. The summed E-state index contributed by atoms with van der Waals surface area (Å²) in [6.45, 7) is 5.75. The van der Waals surface area contributed by atoms with Crippen LogP contribution >= 0.6 is 0 Å². The molecule has 0 amide bonds. The number of nitrogens with zero attached hydrogens (tertiary/aromatic N) is 5. The largest absolute Gasteiger partial charge is 0.491 e. The number of benzene rings is 1. The maximum atomic E-state index is 10.2. The smallest absolute Gasteiger partial charge is 0.194 e. The molecule has 0 fully saturated rings. The fourth-order valence-electron chi connectivity index (χ4n) is 2.36. The first kappa shape index (κ1) is 19.7. The van der Waals surface area contributed by atoms with Gasteiger partial charge in [-0.15, -0.1) is 0 Å². The molecule has 1 atom stereocenters. The Morgan fingerprint density at radius 2 is 2.27 bits per heavy atom. The van der Waals surface area contributed by atoms with Crippen molar-refractivity contribution in [3.63, 3.8) is 0 Å². The van der Waals surface area contributed by atoms with Gasteiger partial charge in [0, 0.05) is 20.6 Å². The first-order chi connectivity index (χ1) is 12.5. The number of aromatic nitrogens is 3. The molecule has 0 bridgehead atoms. The minimum atomic E-state index is -0.688. The third-order valence-corrected chi connectivity index (χ3v) is 3.76. The number of aliphatic hydroxyl groups excluding tert-OH is 1. The number of rotatable bonds is 8. The van der Waals surface area contributed by atoms with Crippen LogP contribution < -0.4 is 10.1 Å². The standard InChI is InChI=1S/C18H28N6O2/c1-5-19-18(23(3)11-17-21-13-22-24(17)4)20-10-15(25)12-26-16-8-6-7-14(2)9-16/h6-9,13,15,25H,5,10-12H2,1-4H3,(H,19,20). The first-order valence-corrected chi connectivity index (χ1v) is 8.69. The Morgan fingerprint density at radius 1 is 1.46 bits per heavy atom. The highest BCUT2D eigenvalue weighted by Gasteiger charge is 2.11. The predicted molar refractivity (Wildman–Crippen MR) is 101 cm³/mol. The van der Waals surface area contributed by atoms with Crippen LogP contribution in [0.4, 0.5) is 0 Å². The summed E-state index contributed by atoms with van der Waals surface area (Å²) in [4.78, 5) is 10.7. The molecule has 1 aromatic carbocycles. The number of hydrogen-bond acceptors (Lipinski definition) is 5. The normalized spacial score (nSPS) is 12.7. The van der Waals surface area contributed by atoms with Gasteiger partial charge in [-0.1, -0.05) is 12.1 Å². The Morgan fingerprint density at radius 3 is 2.92 bits per heavy atom. The second kappa shape index (κ2) is 9.76. The number of hydrogen-bond donors (Lipinski definition) is 2. The van der Waals surface area contributed by atoms with Gasteiger partial charge < -0.3 is 20.1 Å². The molecule has 26 heavy (non-hydrogen) atoms. The van der Waals surface area contributed by atoms with Gasteiger partial charge in [0.25, 0.3) is 0 Å². The summed E-state index contributed by atoms with van der Waals surface area (Å²) >= 11 is 0. The average molecular weight is 360 g/mol. The minimum absolute atomic E-state index is 0.194. The third-order valence-electron chi connectivity index (χ3n) is 3.76. The van der Waals surface area contributed by atoms with E-state index in [-0.39, 0.29) is 13.2 Å². The van der Waals surface area contributed by atoms with Gasteiger partial charge in [-0.3, -0.25) is 9.67 Å². The number of ether oxygens (including phenoxy) is 1. The molecule has 0 saturated carbocycles. The summed E-state index contributed by atoms with van der Waals surface area (Å²) in [5.41, 5.74) is 1.12. The minimum Gasteiger partial charge on any atom is -0.491 e. The van der Waals surface area contributed by atoms with Gasteiger partial charge in [0.05, 0.1) is 13.1 Å². The number of aliphatic hydroxyl groups is 1. The van der Waals surface area contributed by atoms with E-state index >= 15 is 0 Å². The molecular weight excluding hydrogens is 332 g/mol. The summed E-state index contributed by atoms with van der Waals surface area (Å²) in [5.74, 6) is 2.28. The molecule has 1 unspecified atom stereocenters. The SMILES string of the molecule is CCNC(=NCC(O)COc1cccc(C)c1)N(C)Cc1ncnn1C. The van der Waals surface area contributed by atoms with Crippen LogP contribution in [0, 0.1) is 6.92 Å². The van der Waals surface area contributed by atoms with Crippen LogP contribution in [0.1, 0.15) is 18.3 Å². The summed E-state index contributed by atoms with van der Waals surface area (Å²) in [6, 6.07) is 7.75. The van der Waals surface area contributed by atoms with Crippen LogP contribution in [0.3, 0.4) is 0 Å². The van der Waals surface area contributed by atoms with Crippen LogP contribution in [0.25, 0.3) is 0 Å². The van der Waals surface area contributed by atoms with Crippen molar-refractivity contribution in [2.24, 2.45) is 12.0 Å². The molecule has 0 radical (unpaired) electrons. The van der Waals surface area contributed by atoms with Crippen molar-refractivity contribution >= 4 is 5.96 Å². The molecule has 1 heterocycles. The number of aryl methyl sites for hydroxylation is 2. The van der Waals surface area contributed by atoms with Crippen molar-refractivity contribution in [2.45, 2.75) is 26.5 Å². The zero-order chi connectivity index (χ0) is 18.9. The molecule has 0 spiro atoms. The molecule has 0 aliphatic carbocycles. The average Bonchev–Trinajstić information content (AvgIpc) is 3.01. The van der Waals surface area contributed by atoms with Crippen molar-refractivity contribution in [3.8, 4) is 5.75 Å². The molecule has 8 nitrogen and oxygen atoms in total. The fourth-order valence-corrected chi connectivity index (χ4v) is 2.36. The molecule has 2 rings (SSSR count). The van der Waals surface area contributed by atoms with Crippen LogP contribution in [0.2, 0.25) is 0 Å². The molecule has 0 aliphatic heterocycles. The van der Waals surface area contributed by atoms with Gasteiger partial charge in [0.15, 0.2) is 5.96 Å². The van der Waals surface area contributed by atoms with Gasteiger partial charge in [0.2, 0.25) is 0 Å². The Kier molecular flexibility index (Phi) is 7.40. The Balaban J connectivity index is 1.89. The van der Waals surface area contributed by atoms with Crippen LogP contribution in [0.5, 0.6) is 5.75 Å². The Hall–Kier alpha value is -2.61. The van der Waals surface area contributed by atoms with Crippen LogP contribution in [-0.4, -0.2) is 63.6 Å². The molecule has 142 valence electrons. The molecule has 8 heteroatoms. The van der Waals surface area contributed by atoms with Gasteiger partial charge in [-0.25, -0.2) is 4.98 Å². The summed E-state index contributed by atoms with van der Waals surface area (Å²) in [5, 5.41) is 17.5. The first-order valence-electron chi connectivity index (χ1n) is 8.69. The highest BCUT2D eigenvalue weighted by molar-refractivity contribution is 5.79. The second-order valence-corrected chi connectivity index (χ2v) is 6.13. The van der Waals surface area contributed by atoms with E-state index in [1.54, 1.807) is 4.68 Å². The lowest BCUT2D eigenvalue weighted by atomic mass is 10.2. The van der Waals surface area contributed by atoms with Crippen molar-refractivity contribution < 1.29 is 9.84 Å². The van der Waals surface area contributed by atoms with E-state index in [4.69, 9.17) is 4.74 Å². The van der Waals surface area contributed by atoms with E-state index in [0.717, 1.165) is 23.7 Å². The molecule has 0 saturated heterocycles. The third kappa shape index (κ3) is 6.03. The maximum absolute atomic E-state index is 10.2. The second-order valence-electron chi connectivity index (χ2n) is 6.13. The predicted octanol–water partition coefficient (Wildman–Crippen LogP) is 0.961. The molecule has 2 aromatic rings. The van der Waals surface area contributed by atoms with Gasteiger partial charge >= 0.3 is 0 Å². The van der Waals surface area contributed by atoms with Crippen molar-refractivity contribution in [3.05, 3.63) is 42.0 Å². The monoisotopic (exact) mass is 360 g/mol. The van der Waals surface area contributed by atoms with E-state index in [0.29, 0.717) is 12.5 Å². The summed E-state index contributed by atoms with van der Waals surface area (Å²) in [6.07, 6.45) is 0.840. The van der Waals surface area contributed by atoms with E-state index in [1.165, 1.54) is 6.33 Å². The lowest BCUT2D eigenvalue weighted by molar-refractivity contribution is 0.114. The van der Waals surface area contributed by atoms with E-state index in [9.17, 15) is 5.11 Å². The number of nitrogens with one attached hydrogen (secondary N) is 1. The zero-order valence-electron chi connectivity index (χ0n) is 15.9. The van der Waals surface area contributed by atoms with Gasteiger partial charge in [-0.05, 0) is 31.5 Å². The summed E-state index contributed by atoms with van der Waals surface area (Å²) in [7, 11) is 3.78. The van der Waals surface area contributed by atoms with Crippen LogP contribution in [-0.2, 0) is 13.6 Å². The zero-order valence-corrected chi connectivity index (χ0v) is 15.9. The van der Waals surface area contributed by atoms with Crippen molar-refractivity contribution in [2.75, 3.05) is 26.7 Å².